The zero-order chi connectivity index (χ0) is 10.4. The quantitative estimate of drug-likeness (QED) is 0.735. The van der Waals surface area contributed by atoms with Gasteiger partial charge >= 0.3 is 0 Å². The summed E-state index contributed by atoms with van der Waals surface area (Å²) in [7, 11) is 0. The average Bonchev–Trinajstić information content (AvgIpc) is 2.20. The van der Waals surface area contributed by atoms with Crippen LogP contribution >= 0.6 is 15.9 Å². The lowest BCUT2D eigenvalue weighted by atomic mass is 10.2. The Morgan fingerprint density at radius 2 is 2.07 bits per heavy atom. The van der Waals surface area contributed by atoms with Gasteiger partial charge in [0, 0.05) is 24.0 Å². The van der Waals surface area contributed by atoms with Crippen LogP contribution in [0.25, 0.3) is 0 Å². The molecule has 0 saturated carbocycles. The summed E-state index contributed by atoms with van der Waals surface area (Å²) in [4.78, 5) is 2.20. The summed E-state index contributed by atoms with van der Waals surface area (Å²) in [5.41, 5.74) is 0.773. The Bertz CT molecular complexity index is 278. The zero-order valence-corrected chi connectivity index (χ0v) is 9.93. The lowest BCUT2D eigenvalue weighted by Crippen LogP contribution is -2.25. The minimum atomic E-state index is -0.111. The molecule has 0 radical (unpaired) electrons. The smallest absolute Gasteiger partial charge is 0.127 e. The van der Waals surface area contributed by atoms with E-state index in [0.29, 0.717) is 6.54 Å². The maximum Gasteiger partial charge on any atom is 0.127 e. The fourth-order valence-electron chi connectivity index (χ4n) is 1.34. The van der Waals surface area contributed by atoms with E-state index in [-0.39, 0.29) is 5.82 Å². The van der Waals surface area contributed by atoms with Crippen molar-refractivity contribution in [1.82, 2.24) is 4.90 Å². The standard InChI is InChI=1S/C11H15BrFN/c1-2-14(8-7-12)9-10-5-3-4-6-11(10)13/h3-6H,2,7-9H2,1H3. The van der Waals surface area contributed by atoms with E-state index < -0.39 is 0 Å². The van der Waals surface area contributed by atoms with E-state index in [1.807, 2.05) is 12.1 Å². The monoisotopic (exact) mass is 259 g/mol. The van der Waals surface area contributed by atoms with Crippen LogP contribution in [0.4, 0.5) is 4.39 Å². The van der Waals surface area contributed by atoms with Gasteiger partial charge in [0.05, 0.1) is 0 Å². The zero-order valence-electron chi connectivity index (χ0n) is 8.34. The Labute approximate surface area is 93.0 Å². The maximum atomic E-state index is 13.3. The van der Waals surface area contributed by atoms with E-state index >= 15 is 0 Å². The van der Waals surface area contributed by atoms with Crippen LogP contribution in [0, 0.1) is 5.82 Å². The molecule has 0 heterocycles. The van der Waals surface area contributed by atoms with Crippen LogP contribution in [0.5, 0.6) is 0 Å². The lowest BCUT2D eigenvalue weighted by molar-refractivity contribution is 0.294. The van der Waals surface area contributed by atoms with Crippen LogP contribution in [0.2, 0.25) is 0 Å². The molecule has 1 aromatic rings. The molecule has 0 unspecified atom stereocenters. The van der Waals surface area contributed by atoms with E-state index in [0.717, 1.165) is 24.0 Å². The molecule has 78 valence electrons. The van der Waals surface area contributed by atoms with Gasteiger partial charge in [-0.3, -0.25) is 4.90 Å². The van der Waals surface area contributed by atoms with Crippen LogP contribution in [0.15, 0.2) is 24.3 Å². The third-order valence-corrected chi connectivity index (χ3v) is 2.55. The van der Waals surface area contributed by atoms with Gasteiger partial charge in [-0.15, -0.1) is 0 Å². The average molecular weight is 260 g/mol. The van der Waals surface area contributed by atoms with Gasteiger partial charge < -0.3 is 0 Å². The minimum absolute atomic E-state index is 0.111. The lowest BCUT2D eigenvalue weighted by Gasteiger charge is -2.19. The number of halogens is 2. The van der Waals surface area contributed by atoms with Crippen LogP contribution in [-0.4, -0.2) is 23.3 Å². The fourth-order valence-corrected chi connectivity index (χ4v) is 1.84. The van der Waals surface area contributed by atoms with Crippen molar-refractivity contribution in [2.45, 2.75) is 13.5 Å². The Morgan fingerprint density at radius 3 is 2.64 bits per heavy atom. The first-order chi connectivity index (χ1) is 6.77. The molecule has 0 aliphatic carbocycles. The molecule has 0 saturated heterocycles. The van der Waals surface area contributed by atoms with Gasteiger partial charge in [-0.2, -0.15) is 0 Å². The second kappa shape index (κ2) is 6.14. The molecule has 1 aromatic carbocycles. The molecule has 0 aliphatic heterocycles. The summed E-state index contributed by atoms with van der Waals surface area (Å²) in [5.74, 6) is -0.111. The van der Waals surface area contributed by atoms with Gasteiger partial charge in [-0.25, -0.2) is 4.39 Å². The van der Waals surface area contributed by atoms with E-state index in [9.17, 15) is 4.39 Å². The number of alkyl halides is 1. The van der Waals surface area contributed by atoms with Crippen molar-refractivity contribution in [3.63, 3.8) is 0 Å². The van der Waals surface area contributed by atoms with Crippen LogP contribution in [-0.2, 0) is 6.54 Å². The normalized spacial score (nSPS) is 10.9. The van der Waals surface area contributed by atoms with Gasteiger partial charge in [0.2, 0.25) is 0 Å². The highest BCUT2D eigenvalue weighted by atomic mass is 79.9. The highest BCUT2D eigenvalue weighted by molar-refractivity contribution is 9.09. The first-order valence-electron chi connectivity index (χ1n) is 4.79. The summed E-state index contributed by atoms with van der Waals surface area (Å²) < 4.78 is 13.3. The van der Waals surface area contributed by atoms with E-state index in [1.54, 1.807) is 6.07 Å². The van der Waals surface area contributed by atoms with Crippen molar-refractivity contribution >= 4 is 15.9 Å². The van der Waals surface area contributed by atoms with E-state index in [4.69, 9.17) is 0 Å². The maximum absolute atomic E-state index is 13.3. The SMILES string of the molecule is CCN(CCBr)Cc1ccccc1F. The molecule has 0 amide bonds. The molecule has 0 bridgehead atoms. The number of hydrogen-bond acceptors (Lipinski definition) is 1. The largest absolute Gasteiger partial charge is 0.298 e. The topological polar surface area (TPSA) is 3.24 Å². The van der Waals surface area contributed by atoms with Crippen LogP contribution in [0.3, 0.4) is 0 Å². The van der Waals surface area contributed by atoms with Gasteiger partial charge in [0.25, 0.3) is 0 Å². The second-order valence-corrected chi connectivity index (χ2v) is 3.94. The van der Waals surface area contributed by atoms with Crippen molar-refractivity contribution in [3.8, 4) is 0 Å². The number of rotatable bonds is 5. The van der Waals surface area contributed by atoms with Gasteiger partial charge in [0.1, 0.15) is 5.82 Å². The molecule has 14 heavy (non-hydrogen) atoms. The van der Waals surface area contributed by atoms with E-state index in [2.05, 4.69) is 27.8 Å². The van der Waals surface area contributed by atoms with Crippen molar-refractivity contribution in [2.24, 2.45) is 0 Å². The van der Waals surface area contributed by atoms with Crippen molar-refractivity contribution in [1.29, 1.82) is 0 Å². The third kappa shape index (κ3) is 3.39. The summed E-state index contributed by atoms with van der Waals surface area (Å²) in [5, 5.41) is 0.926. The Balaban J connectivity index is 2.62. The number of hydrogen-bond donors (Lipinski definition) is 0. The summed E-state index contributed by atoms with van der Waals surface area (Å²) in [6.07, 6.45) is 0. The van der Waals surface area contributed by atoms with Gasteiger partial charge in [-0.05, 0) is 12.6 Å². The molecule has 3 heteroatoms. The number of benzene rings is 1. The molecule has 0 spiro atoms. The Morgan fingerprint density at radius 1 is 1.36 bits per heavy atom. The first-order valence-corrected chi connectivity index (χ1v) is 5.91. The first kappa shape index (κ1) is 11.7. The fraction of sp³-hybridized carbons (Fsp3) is 0.455. The predicted molar refractivity (Wildman–Crippen MR) is 61.1 cm³/mol. The van der Waals surface area contributed by atoms with E-state index in [1.165, 1.54) is 6.07 Å². The minimum Gasteiger partial charge on any atom is -0.298 e. The third-order valence-electron chi connectivity index (χ3n) is 2.20. The molecule has 0 fully saturated rings. The molecule has 0 aromatic heterocycles. The Hall–Kier alpha value is -0.410. The molecule has 0 aliphatic rings. The highest BCUT2D eigenvalue weighted by Crippen LogP contribution is 2.09. The summed E-state index contributed by atoms with van der Waals surface area (Å²) >= 11 is 3.39. The molecule has 1 nitrogen and oxygen atoms in total. The number of nitrogens with zero attached hydrogens (tertiary/aromatic N) is 1. The summed E-state index contributed by atoms with van der Waals surface area (Å²) in [6, 6.07) is 6.95. The van der Waals surface area contributed by atoms with Gasteiger partial charge in [0.15, 0.2) is 0 Å². The predicted octanol–water partition coefficient (Wildman–Crippen LogP) is 3.04. The second-order valence-electron chi connectivity index (χ2n) is 3.15. The van der Waals surface area contributed by atoms with Crippen molar-refractivity contribution in [2.75, 3.05) is 18.4 Å². The van der Waals surface area contributed by atoms with Gasteiger partial charge in [-0.1, -0.05) is 41.1 Å². The molecular weight excluding hydrogens is 245 g/mol. The Kier molecular flexibility index (Phi) is 5.12. The van der Waals surface area contributed by atoms with Crippen molar-refractivity contribution < 1.29 is 4.39 Å². The highest BCUT2D eigenvalue weighted by Gasteiger charge is 2.05. The molecule has 1 rings (SSSR count). The van der Waals surface area contributed by atoms with Crippen LogP contribution in [0.1, 0.15) is 12.5 Å². The molecular formula is C11H15BrFN. The van der Waals surface area contributed by atoms with Crippen LogP contribution < -0.4 is 0 Å². The van der Waals surface area contributed by atoms with Crippen molar-refractivity contribution in [3.05, 3.63) is 35.6 Å². The molecule has 0 atom stereocenters. The summed E-state index contributed by atoms with van der Waals surface area (Å²) in [6.45, 7) is 4.67. The molecule has 0 N–H and O–H groups in total.